The van der Waals surface area contributed by atoms with Gasteiger partial charge in [0.2, 0.25) is 11.8 Å². The van der Waals surface area contributed by atoms with Gasteiger partial charge in [-0.15, -0.1) is 0 Å². The van der Waals surface area contributed by atoms with Crippen LogP contribution in [0.4, 0.5) is 14.4 Å². The third-order valence-electron chi connectivity index (χ3n) is 10.4. The van der Waals surface area contributed by atoms with Crippen LogP contribution in [-0.4, -0.2) is 88.6 Å². The summed E-state index contributed by atoms with van der Waals surface area (Å²) in [6.45, 7) is 26.1. The first-order valence-electron chi connectivity index (χ1n) is 22.9. The third kappa shape index (κ3) is 16.7. The highest BCUT2D eigenvalue weighted by Gasteiger charge is 2.39. The average molecular weight is 948 g/mol. The zero-order valence-electron chi connectivity index (χ0n) is 42.6. The molecule has 0 spiro atoms. The quantitative estimate of drug-likeness (QED) is 0.0569. The Kier molecular flexibility index (Phi) is 19.4. The number of fused-ring (bicyclic) bond motifs is 1. The minimum Gasteiger partial charge on any atom is -0.464 e. The van der Waals surface area contributed by atoms with Crippen molar-refractivity contribution in [2.24, 2.45) is 17.8 Å². The molecule has 1 aromatic heterocycles. The summed E-state index contributed by atoms with van der Waals surface area (Å²) < 4.78 is 28.8. The predicted molar refractivity (Wildman–Crippen MR) is 258 cm³/mol. The molecule has 0 fully saturated rings. The Morgan fingerprint density at radius 2 is 1.26 bits per heavy atom. The minimum absolute atomic E-state index is 0.0845. The SMILES string of the molecule is CC[C@H](C)[C@H](NC(=O)[C@H](NC(=O)OCc1ccccc1)[C@H](c1ccc2c(/C=C(\NC(=O)[C@@H](NC(=O)OC(C)(C)C)C(C)C)C(=O)OC)cn(C(=O)OC(C)(C)C)c2c1)C(C)C)C(=O)OC(C)(C)C. The number of aromatic nitrogens is 1. The highest BCUT2D eigenvalue weighted by Crippen LogP contribution is 2.34. The molecular formula is C51H73N5O12. The van der Waals surface area contributed by atoms with E-state index in [0.29, 0.717) is 17.4 Å². The maximum atomic E-state index is 14.7. The fourth-order valence-corrected chi connectivity index (χ4v) is 7.10. The Balaban J connectivity index is 2.26. The highest BCUT2D eigenvalue weighted by atomic mass is 16.6. The summed E-state index contributed by atoms with van der Waals surface area (Å²) in [6.07, 6.45) is 0.790. The smallest absolute Gasteiger partial charge is 0.419 e. The Morgan fingerprint density at radius 3 is 1.79 bits per heavy atom. The van der Waals surface area contributed by atoms with Gasteiger partial charge in [0.1, 0.15) is 47.2 Å². The van der Waals surface area contributed by atoms with E-state index in [1.165, 1.54) is 16.8 Å². The van der Waals surface area contributed by atoms with Gasteiger partial charge in [-0.3, -0.25) is 14.2 Å². The van der Waals surface area contributed by atoms with Crippen molar-refractivity contribution in [1.29, 1.82) is 0 Å². The number of methoxy groups -OCH3 is 1. The number of hydrogen-bond donors (Lipinski definition) is 4. The molecule has 3 rings (SSSR count). The average Bonchev–Trinajstić information content (AvgIpc) is 3.58. The Labute approximate surface area is 400 Å². The Bertz CT molecular complexity index is 2300. The zero-order chi connectivity index (χ0) is 51.5. The lowest BCUT2D eigenvalue weighted by atomic mass is 9.81. The molecule has 0 radical (unpaired) electrons. The van der Waals surface area contributed by atoms with Crippen molar-refractivity contribution in [3.8, 4) is 0 Å². The zero-order valence-corrected chi connectivity index (χ0v) is 42.6. The molecule has 0 aliphatic carbocycles. The lowest BCUT2D eigenvalue weighted by Crippen LogP contribution is -2.56. The van der Waals surface area contributed by atoms with E-state index in [1.807, 2.05) is 33.8 Å². The van der Waals surface area contributed by atoms with E-state index in [2.05, 4.69) is 21.3 Å². The molecule has 2 aromatic carbocycles. The van der Waals surface area contributed by atoms with Crippen molar-refractivity contribution in [3.05, 3.63) is 77.1 Å². The second-order valence-corrected chi connectivity index (χ2v) is 20.5. The first-order valence-corrected chi connectivity index (χ1v) is 22.9. The molecule has 1 heterocycles. The van der Waals surface area contributed by atoms with Crippen molar-refractivity contribution in [1.82, 2.24) is 25.8 Å². The summed E-state index contributed by atoms with van der Waals surface area (Å²) in [5, 5.41) is 11.2. The van der Waals surface area contributed by atoms with E-state index in [0.717, 1.165) is 12.7 Å². The van der Waals surface area contributed by atoms with E-state index in [9.17, 15) is 33.6 Å². The van der Waals surface area contributed by atoms with E-state index in [1.54, 1.807) is 119 Å². The number of rotatable bonds is 17. The van der Waals surface area contributed by atoms with Crippen LogP contribution in [0.1, 0.15) is 133 Å². The molecule has 0 aliphatic heterocycles. The second kappa shape index (κ2) is 23.6. The summed E-state index contributed by atoms with van der Waals surface area (Å²) in [7, 11) is 1.14. The second-order valence-electron chi connectivity index (χ2n) is 20.5. The number of carbonyl (C=O) groups excluding carboxylic acids is 7. The number of nitrogens with one attached hydrogen (secondary N) is 4. The maximum absolute atomic E-state index is 14.7. The third-order valence-corrected chi connectivity index (χ3v) is 10.4. The van der Waals surface area contributed by atoms with Gasteiger partial charge in [-0.05, 0) is 103 Å². The maximum Gasteiger partial charge on any atom is 0.419 e. The molecule has 4 amide bonds. The van der Waals surface area contributed by atoms with E-state index in [4.69, 9.17) is 23.7 Å². The van der Waals surface area contributed by atoms with Gasteiger partial charge in [-0.25, -0.2) is 24.0 Å². The van der Waals surface area contributed by atoms with Crippen LogP contribution in [0.2, 0.25) is 0 Å². The first-order chi connectivity index (χ1) is 31.4. The Hall–Kier alpha value is -6.39. The van der Waals surface area contributed by atoms with Crippen molar-refractivity contribution >= 4 is 59.0 Å². The molecule has 68 heavy (non-hydrogen) atoms. The van der Waals surface area contributed by atoms with Crippen molar-refractivity contribution in [2.45, 2.75) is 158 Å². The molecule has 0 saturated carbocycles. The van der Waals surface area contributed by atoms with Crippen LogP contribution < -0.4 is 21.3 Å². The number of esters is 2. The van der Waals surface area contributed by atoms with Gasteiger partial charge in [0.25, 0.3) is 0 Å². The number of nitrogens with zero attached hydrogens (tertiary/aromatic N) is 1. The van der Waals surface area contributed by atoms with Gasteiger partial charge in [0.15, 0.2) is 0 Å². The minimum atomic E-state index is -1.33. The van der Waals surface area contributed by atoms with Crippen LogP contribution in [0.15, 0.2) is 60.4 Å². The summed E-state index contributed by atoms with van der Waals surface area (Å²) in [4.78, 5) is 95.7. The molecule has 0 aliphatic rings. The number of amides is 4. The first kappa shape index (κ1) is 55.9. The molecule has 17 heteroatoms. The fourth-order valence-electron chi connectivity index (χ4n) is 7.10. The van der Waals surface area contributed by atoms with Gasteiger partial charge in [-0.2, -0.15) is 0 Å². The largest absolute Gasteiger partial charge is 0.464 e. The van der Waals surface area contributed by atoms with Crippen molar-refractivity contribution in [3.63, 3.8) is 0 Å². The summed E-state index contributed by atoms with van der Waals surface area (Å²) in [5.74, 6) is -4.93. The fraction of sp³-hybridized carbons (Fsp3) is 0.549. The van der Waals surface area contributed by atoms with Gasteiger partial charge in [0.05, 0.1) is 12.6 Å². The molecular weight excluding hydrogens is 875 g/mol. The van der Waals surface area contributed by atoms with Crippen LogP contribution in [0.5, 0.6) is 0 Å². The lowest BCUT2D eigenvalue weighted by Gasteiger charge is -2.33. The summed E-state index contributed by atoms with van der Waals surface area (Å²) in [5.41, 5.74) is -1.15. The van der Waals surface area contributed by atoms with Gasteiger partial charge in [-0.1, -0.05) is 90.4 Å². The molecule has 374 valence electrons. The number of alkyl carbamates (subject to hydrolysis) is 2. The van der Waals surface area contributed by atoms with Crippen LogP contribution in [0.3, 0.4) is 0 Å². The molecule has 17 nitrogen and oxygen atoms in total. The van der Waals surface area contributed by atoms with E-state index >= 15 is 0 Å². The van der Waals surface area contributed by atoms with E-state index < -0.39 is 88.8 Å². The van der Waals surface area contributed by atoms with Crippen molar-refractivity contribution in [2.75, 3.05) is 7.11 Å². The number of ether oxygens (including phenoxy) is 5. The molecule has 0 unspecified atom stereocenters. The standard InChI is InChI=1S/C51H73N5O12/c1-17-31(6)40(45(60)66-49(7,8)9)53-43(58)41(55-46(61)65-28-32-21-19-18-20-22-32)38(29(2)3)33-23-24-35-34(27-56(37(35)26-33)48(63)68-51(13,14)15)25-36(44(59)64-16)52-42(57)39(30(4)5)54-47(62)67-50(10,11)12/h18-27,29-31,38-41H,17,28H2,1-16H3,(H,52,57)(H,53,58)(H,54,62)(H,55,61)/b36-25-/t31-,38-,39-,40-,41+/m0/s1. The van der Waals surface area contributed by atoms with Crippen LogP contribution in [0, 0.1) is 17.8 Å². The predicted octanol–water partition coefficient (Wildman–Crippen LogP) is 8.51. The van der Waals surface area contributed by atoms with Crippen LogP contribution in [-0.2, 0) is 49.5 Å². The normalized spacial score (nSPS) is 14.5. The molecule has 5 atom stereocenters. The van der Waals surface area contributed by atoms with Crippen LogP contribution in [0.25, 0.3) is 17.0 Å². The van der Waals surface area contributed by atoms with Gasteiger partial charge < -0.3 is 45.0 Å². The number of hydrogen-bond acceptors (Lipinski definition) is 12. The topological polar surface area (TPSA) is 219 Å². The van der Waals surface area contributed by atoms with Crippen LogP contribution >= 0.6 is 0 Å². The molecule has 0 saturated heterocycles. The van der Waals surface area contributed by atoms with Gasteiger partial charge >= 0.3 is 30.2 Å². The summed E-state index contributed by atoms with van der Waals surface area (Å²) >= 11 is 0. The Morgan fingerprint density at radius 1 is 0.676 bits per heavy atom. The molecule has 4 N–H and O–H groups in total. The number of carbonyl (C=O) groups is 7. The van der Waals surface area contributed by atoms with E-state index in [-0.39, 0.29) is 35.2 Å². The monoisotopic (exact) mass is 948 g/mol. The van der Waals surface area contributed by atoms with Gasteiger partial charge in [0, 0.05) is 23.1 Å². The van der Waals surface area contributed by atoms with Crippen molar-refractivity contribution < 1.29 is 57.2 Å². The molecule has 0 bridgehead atoms. The number of benzene rings is 2. The highest BCUT2D eigenvalue weighted by molar-refractivity contribution is 6.03. The molecule has 3 aromatic rings. The summed E-state index contributed by atoms with van der Waals surface area (Å²) in [6, 6.07) is 10.6. The lowest BCUT2D eigenvalue weighted by molar-refractivity contribution is -0.160.